The van der Waals surface area contributed by atoms with Crippen LogP contribution in [0.1, 0.15) is 27.9 Å². The van der Waals surface area contributed by atoms with Crippen LogP contribution in [0.4, 0.5) is 11.4 Å². The molecule has 6 atom stereocenters. The number of anilines is 2. The number of aryl methyl sites for hydroxylation is 2. The lowest BCUT2D eigenvalue weighted by molar-refractivity contribution is -0.145. The Hall–Kier alpha value is -2.67. The van der Waals surface area contributed by atoms with E-state index < -0.39 is 5.92 Å². The first-order valence-corrected chi connectivity index (χ1v) is 11.4. The second kappa shape index (κ2) is 7.48. The molecule has 160 valence electrons. The van der Waals surface area contributed by atoms with E-state index in [1.54, 1.807) is 24.3 Å². The molecule has 7 heteroatoms. The highest BCUT2D eigenvalue weighted by Gasteiger charge is 2.67. The van der Waals surface area contributed by atoms with E-state index >= 15 is 0 Å². The SMILES string of the molecule is Cc1ccc(NC(=O)c2cccc(NC(=O)[C@@H]3[C@H]4C[C@H]5[C@H](OC(=O)[C@H]53)[C@@H]4Br)c2)cc1C. The fourth-order valence-corrected chi connectivity index (χ4v) is 6.36. The first kappa shape index (κ1) is 20.2. The van der Waals surface area contributed by atoms with Crippen molar-refractivity contribution in [2.45, 2.75) is 31.2 Å². The Morgan fingerprint density at radius 1 is 1.00 bits per heavy atom. The van der Waals surface area contributed by atoms with Gasteiger partial charge in [-0.05, 0) is 67.6 Å². The summed E-state index contributed by atoms with van der Waals surface area (Å²) in [5.41, 5.74) is 3.97. The summed E-state index contributed by atoms with van der Waals surface area (Å²) in [7, 11) is 0. The van der Waals surface area contributed by atoms with Gasteiger partial charge in [-0.1, -0.05) is 28.1 Å². The van der Waals surface area contributed by atoms with E-state index in [1.165, 1.54) is 0 Å². The number of benzene rings is 2. The van der Waals surface area contributed by atoms with Crippen LogP contribution >= 0.6 is 15.9 Å². The van der Waals surface area contributed by atoms with E-state index in [0.29, 0.717) is 11.3 Å². The molecule has 5 rings (SSSR count). The van der Waals surface area contributed by atoms with Gasteiger partial charge in [-0.25, -0.2) is 0 Å². The maximum atomic E-state index is 13.1. The number of ether oxygens (including phenoxy) is 1. The first-order valence-electron chi connectivity index (χ1n) is 10.5. The molecule has 3 aliphatic rings. The Kier molecular flexibility index (Phi) is 4.88. The highest BCUT2D eigenvalue weighted by molar-refractivity contribution is 9.09. The van der Waals surface area contributed by atoms with E-state index in [-0.39, 0.29) is 46.5 Å². The Bertz CT molecular complexity index is 1100. The van der Waals surface area contributed by atoms with Gasteiger partial charge in [-0.15, -0.1) is 0 Å². The third-order valence-electron chi connectivity index (χ3n) is 6.98. The van der Waals surface area contributed by atoms with Crippen molar-refractivity contribution in [2.24, 2.45) is 23.7 Å². The summed E-state index contributed by atoms with van der Waals surface area (Å²) < 4.78 is 5.49. The van der Waals surface area contributed by atoms with E-state index in [9.17, 15) is 14.4 Å². The molecule has 2 aromatic rings. The number of fused-ring (bicyclic) bond motifs is 1. The van der Waals surface area contributed by atoms with Gasteiger partial charge in [0, 0.05) is 22.9 Å². The molecule has 0 spiro atoms. The van der Waals surface area contributed by atoms with Crippen LogP contribution in [0.2, 0.25) is 0 Å². The summed E-state index contributed by atoms with van der Waals surface area (Å²) in [6, 6.07) is 12.6. The molecule has 2 saturated carbocycles. The van der Waals surface area contributed by atoms with Crippen molar-refractivity contribution in [3.8, 4) is 0 Å². The van der Waals surface area contributed by atoms with Crippen molar-refractivity contribution < 1.29 is 19.1 Å². The van der Waals surface area contributed by atoms with E-state index in [2.05, 4.69) is 26.6 Å². The molecule has 1 saturated heterocycles. The van der Waals surface area contributed by atoms with Crippen molar-refractivity contribution in [2.75, 3.05) is 10.6 Å². The lowest BCUT2D eigenvalue weighted by Crippen LogP contribution is -2.40. The summed E-state index contributed by atoms with van der Waals surface area (Å²) in [6.45, 7) is 4.02. The summed E-state index contributed by atoms with van der Waals surface area (Å²) >= 11 is 3.63. The number of hydrogen-bond donors (Lipinski definition) is 2. The van der Waals surface area contributed by atoms with E-state index in [1.807, 2.05) is 32.0 Å². The fourth-order valence-electron chi connectivity index (χ4n) is 5.32. The molecule has 2 amide bonds. The maximum Gasteiger partial charge on any atom is 0.310 e. The molecule has 1 aliphatic heterocycles. The van der Waals surface area contributed by atoms with Gasteiger partial charge in [0.2, 0.25) is 5.91 Å². The molecule has 0 radical (unpaired) electrons. The molecule has 31 heavy (non-hydrogen) atoms. The average molecular weight is 483 g/mol. The van der Waals surface area contributed by atoms with Crippen molar-refractivity contribution >= 4 is 45.1 Å². The van der Waals surface area contributed by atoms with Crippen LogP contribution in [-0.2, 0) is 14.3 Å². The van der Waals surface area contributed by atoms with Gasteiger partial charge >= 0.3 is 5.97 Å². The lowest BCUT2D eigenvalue weighted by Gasteiger charge is -2.27. The zero-order valence-electron chi connectivity index (χ0n) is 17.2. The maximum absolute atomic E-state index is 13.1. The molecular weight excluding hydrogens is 460 g/mol. The van der Waals surface area contributed by atoms with Gasteiger partial charge in [-0.2, -0.15) is 0 Å². The second-order valence-electron chi connectivity index (χ2n) is 8.78. The van der Waals surface area contributed by atoms with Crippen LogP contribution in [0.3, 0.4) is 0 Å². The predicted octanol–water partition coefficient (Wildman–Crippen LogP) is 4.07. The van der Waals surface area contributed by atoms with Gasteiger partial charge in [0.15, 0.2) is 0 Å². The van der Waals surface area contributed by atoms with Crippen LogP contribution in [0.5, 0.6) is 0 Å². The molecule has 3 fully saturated rings. The van der Waals surface area contributed by atoms with Crippen molar-refractivity contribution in [1.29, 1.82) is 0 Å². The molecule has 0 aromatic heterocycles. The minimum absolute atomic E-state index is 0.0195. The second-order valence-corrected chi connectivity index (χ2v) is 9.84. The molecule has 2 bridgehead atoms. The van der Waals surface area contributed by atoms with Crippen LogP contribution in [0.15, 0.2) is 42.5 Å². The van der Waals surface area contributed by atoms with E-state index in [0.717, 1.165) is 23.2 Å². The topological polar surface area (TPSA) is 84.5 Å². The molecule has 2 aliphatic carbocycles. The van der Waals surface area contributed by atoms with Gasteiger partial charge < -0.3 is 15.4 Å². The number of amides is 2. The molecular formula is C24H23BrN2O4. The fraction of sp³-hybridized carbons (Fsp3) is 0.375. The van der Waals surface area contributed by atoms with Gasteiger partial charge in [0.25, 0.3) is 5.91 Å². The minimum Gasteiger partial charge on any atom is -0.461 e. The largest absolute Gasteiger partial charge is 0.461 e. The Labute approximate surface area is 188 Å². The number of alkyl halides is 1. The number of rotatable bonds is 4. The molecule has 6 nitrogen and oxygen atoms in total. The number of carbonyl (C=O) groups excluding carboxylic acids is 3. The minimum atomic E-state index is -0.409. The Morgan fingerprint density at radius 2 is 1.77 bits per heavy atom. The third-order valence-corrected chi connectivity index (χ3v) is 8.18. The first-order chi connectivity index (χ1) is 14.8. The Morgan fingerprint density at radius 3 is 2.55 bits per heavy atom. The highest BCUT2D eigenvalue weighted by Crippen LogP contribution is 2.60. The van der Waals surface area contributed by atoms with Crippen LogP contribution in [-0.4, -0.2) is 28.7 Å². The predicted molar refractivity (Wildman–Crippen MR) is 120 cm³/mol. The summed E-state index contributed by atoms with van der Waals surface area (Å²) in [5.74, 6) is -1.27. The monoisotopic (exact) mass is 482 g/mol. The van der Waals surface area contributed by atoms with Gasteiger partial charge in [0.05, 0.1) is 16.7 Å². The molecule has 2 aromatic carbocycles. The zero-order chi connectivity index (χ0) is 21.9. The molecule has 0 unspecified atom stereocenters. The third kappa shape index (κ3) is 3.35. The van der Waals surface area contributed by atoms with Crippen LogP contribution < -0.4 is 10.6 Å². The van der Waals surface area contributed by atoms with Gasteiger partial charge in [0.1, 0.15) is 6.10 Å². The number of hydrogen-bond acceptors (Lipinski definition) is 4. The smallest absolute Gasteiger partial charge is 0.310 e. The quantitative estimate of drug-likeness (QED) is 0.508. The average Bonchev–Trinajstić information content (AvgIpc) is 3.35. The normalized spacial score (nSPS) is 30.2. The molecule has 2 N–H and O–H groups in total. The summed E-state index contributed by atoms with van der Waals surface area (Å²) in [5, 5.41) is 5.82. The summed E-state index contributed by atoms with van der Waals surface area (Å²) in [6.07, 6.45) is 0.719. The van der Waals surface area contributed by atoms with Crippen LogP contribution in [0, 0.1) is 37.5 Å². The molecule has 1 heterocycles. The lowest BCUT2D eigenvalue weighted by atomic mass is 9.79. The van der Waals surface area contributed by atoms with Crippen molar-refractivity contribution in [3.05, 3.63) is 59.2 Å². The number of esters is 1. The van der Waals surface area contributed by atoms with Crippen molar-refractivity contribution in [3.63, 3.8) is 0 Å². The number of halogens is 1. The standard InChI is InChI=1S/C24H23BrN2O4/c1-11-6-7-15(8-12(11)2)26-22(28)13-4-3-5-14(9-13)27-23(29)18-16-10-17-19(18)24(30)31-21(17)20(16)25/h3-9,16-21H,10H2,1-2H3,(H,26,28)(H,27,29)/t16-,17-,18-,19-,20-,21+/m1/s1. The van der Waals surface area contributed by atoms with Gasteiger partial charge in [-0.3, -0.25) is 14.4 Å². The zero-order valence-corrected chi connectivity index (χ0v) is 18.8. The number of carbonyl (C=O) groups is 3. The van der Waals surface area contributed by atoms with Crippen LogP contribution in [0.25, 0.3) is 0 Å². The summed E-state index contributed by atoms with van der Waals surface area (Å²) in [4.78, 5) is 38.1. The van der Waals surface area contributed by atoms with Crippen molar-refractivity contribution in [1.82, 2.24) is 0 Å². The highest BCUT2D eigenvalue weighted by atomic mass is 79.9. The Balaban J connectivity index is 1.30. The number of nitrogens with one attached hydrogen (secondary N) is 2. The van der Waals surface area contributed by atoms with E-state index in [4.69, 9.17) is 4.74 Å².